The Morgan fingerprint density at radius 2 is 1.66 bits per heavy atom. The Morgan fingerprint density at radius 3 is 2.17 bits per heavy atom. The number of carbonyl (C=O) groups is 3. The molecule has 0 saturated heterocycles. The van der Waals surface area contributed by atoms with E-state index in [1.807, 2.05) is 0 Å². The highest BCUT2D eigenvalue weighted by molar-refractivity contribution is 6.25. The maximum atomic E-state index is 13.8. The summed E-state index contributed by atoms with van der Waals surface area (Å²) in [6.45, 7) is 10.8. The molecule has 0 saturated carbocycles. The molecule has 5 N–H and O–H groups in total. The first-order valence-electron chi connectivity index (χ1n) is 11.7. The molecule has 0 aliphatic heterocycles. The summed E-state index contributed by atoms with van der Waals surface area (Å²) < 4.78 is 0. The van der Waals surface area contributed by atoms with Gasteiger partial charge in [0.2, 0.25) is 5.78 Å². The van der Waals surface area contributed by atoms with Crippen LogP contribution in [0.1, 0.15) is 68.9 Å². The second-order valence-electron chi connectivity index (χ2n) is 11.0. The first-order valence-corrected chi connectivity index (χ1v) is 11.7. The minimum atomic E-state index is -2.87. The number of fused-ring (bicyclic) bond motifs is 3. The van der Waals surface area contributed by atoms with Crippen LogP contribution in [-0.2, 0) is 9.59 Å². The molecule has 3 aliphatic rings. The molecule has 0 radical (unpaired) electrons. The summed E-state index contributed by atoms with van der Waals surface area (Å²) in [4.78, 5) is 39.9. The van der Waals surface area contributed by atoms with Crippen LogP contribution in [0, 0.1) is 29.6 Å². The van der Waals surface area contributed by atoms with Gasteiger partial charge in [0, 0.05) is 16.7 Å². The number of carbonyl (C=O) groups excluding carboxylic acids is 3. The summed E-state index contributed by atoms with van der Waals surface area (Å²) in [5.41, 5.74) is -6.50. The average Bonchev–Trinajstić information content (AvgIpc) is 2.75. The number of ketones is 3. The third-order valence-electron chi connectivity index (χ3n) is 9.04. The first-order chi connectivity index (χ1) is 16.0. The highest BCUT2D eigenvalue weighted by Gasteiger charge is 2.75. The van der Waals surface area contributed by atoms with Crippen LogP contribution in [0.15, 0.2) is 34.8 Å². The topological polar surface area (TPSA) is 152 Å². The van der Waals surface area contributed by atoms with Crippen LogP contribution in [0.2, 0.25) is 0 Å². The lowest BCUT2D eigenvalue weighted by atomic mass is 9.41. The molecule has 3 aliphatic carbocycles. The van der Waals surface area contributed by atoms with E-state index in [9.17, 15) is 39.9 Å². The number of hydrogen-bond acceptors (Lipinski definition) is 8. The van der Waals surface area contributed by atoms with Crippen LogP contribution in [0.3, 0.4) is 0 Å². The molecule has 1 aromatic rings. The van der Waals surface area contributed by atoms with Gasteiger partial charge < -0.3 is 25.5 Å². The van der Waals surface area contributed by atoms with Gasteiger partial charge in [0.25, 0.3) is 0 Å². The van der Waals surface area contributed by atoms with Crippen molar-refractivity contribution in [2.45, 2.75) is 66.1 Å². The van der Waals surface area contributed by atoms with E-state index in [4.69, 9.17) is 0 Å². The average molecular weight is 485 g/mol. The Hall–Kier alpha value is -2.97. The smallest absolute Gasteiger partial charge is 0.209 e. The van der Waals surface area contributed by atoms with Gasteiger partial charge in [-0.2, -0.15) is 0 Å². The molecule has 1 unspecified atom stereocenters. The number of phenolic OH excluding ortho intramolecular Hbond substituents is 1. The Labute approximate surface area is 203 Å². The lowest BCUT2D eigenvalue weighted by Crippen LogP contribution is -2.73. The van der Waals surface area contributed by atoms with Gasteiger partial charge in [-0.1, -0.05) is 46.8 Å². The Morgan fingerprint density at radius 1 is 1.09 bits per heavy atom. The number of aliphatic hydroxyl groups excluding tert-OH is 3. The van der Waals surface area contributed by atoms with E-state index in [0.717, 1.165) is 6.92 Å². The molecule has 8 heteroatoms. The Balaban J connectivity index is 2.18. The van der Waals surface area contributed by atoms with Gasteiger partial charge in [0.05, 0.1) is 17.2 Å². The molecule has 1 aromatic carbocycles. The van der Waals surface area contributed by atoms with Gasteiger partial charge in [-0.3, -0.25) is 14.4 Å². The van der Waals surface area contributed by atoms with Crippen molar-refractivity contribution >= 4 is 17.3 Å². The Bertz CT molecular complexity index is 1270. The maximum Gasteiger partial charge on any atom is 0.209 e. The third kappa shape index (κ3) is 2.56. The van der Waals surface area contributed by atoms with Gasteiger partial charge in [-0.15, -0.1) is 0 Å². The lowest BCUT2D eigenvalue weighted by molar-refractivity contribution is -0.211. The van der Waals surface area contributed by atoms with Crippen molar-refractivity contribution in [3.8, 4) is 5.75 Å². The minimum absolute atomic E-state index is 0.0650. The van der Waals surface area contributed by atoms with E-state index >= 15 is 0 Å². The number of phenols is 1. The summed E-state index contributed by atoms with van der Waals surface area (Å²) in [5, 5.41) is 57.5. The SMILES string of the molecule is CC(=O)C1=C(O)C(C(C)C)[C@@]2(C)[C@H](O)[C@]3(C)C(=C(O)[C@@]2(O)C1=O)C(=O)c1c(ccc(C)c1O)[C@H]3C. The molecule has 0 bridgehead atoms. The molecule has 0 amide bonds. The van der Waals surface area contributed by atoms with Crippen LogP contribution in [0.25, 0.3) is 0 Å². The number of aryl methyl sites for hydroxylation is 1. The molecule has 8 nitrogen and oxygen atoms in total. The van der Waals surface area contributed by atoms with E-state index in [1.165, 1.54) is 6.92 Å². The zero-order valence-corrected chi connectivity index (χ0v) is 20.9. The largest absolute Gasteiger partial charge is 0.511 e. The minimum Gasteiger partial charge on any atom is -0.511 e. The van der Waals surface area contributed by atoms with Crippen LogP contribution in [0.4, 0.5) is 0 Å². The van der Waals surface area contributed by atoms with Gasteiger partial charge >= 0.3 is 0 Å². The zero-order chi connectivity index (χ0) is 26.6. The molecule has 0 aromatic heterocycles. The van der Waals surface area contributed by atoms with Crippen LogP contribution < -0.4 is 0 Å². The first kappa shape index (κ1) is 25.1. The fraction of sp³-hybridized carbons (Fsp3) is 0.519. The van der Waals surface area contributed by atoms with Crippen LogP contribution in [0.5, 0.6) is 5.75 Å². The third-order valence-corrected chi connectivity index (χ3v) is 9.04. The molecule has 188 valence electrons. The maximum absolute atomic E-state index is 13.8. The summed E-state index contributed by atoms with van der Waals surface area (Å²) in [6, 6.07) is 3.33. The summed E-state index contributed by atoms with van der Waals surface area (Å²) in [5.74, 6) is -6.91. The molecule has 6 atom stereocenters. The lowest BCUT2D eigenvalue weighted by Gasteiger charge is -2.63. The molecular formula is C27H32O8. The van der Waals surface area contributed by atoms with Crippen molar-refractivity contribution in [1.82, 2.24) is 0 Å². The highest BCUT2D eigenvalue weighted by Crippen LogP contribution is 2.67. The van der Waals surface area contributed by atoms with Crippen molar-refractivity contribution in [1.29, 1.82) is 0 Å². The highest BCUT2D eigenvalue weighted by atomic mass is 16.4. The van der Waals surface area contributed by atoms with Gasteiger partial charge in [-0.05, 0) is 36.8 Å². The second-order valence-corrected chi connectivity index (χ2v) is 11.0. The van der Waals surface area contributed by atoms with Crippen LogP contribution >= 0.6 is 0 Å². The number of benzene rings is 1. The number of hydrogen-bond donors (Lipinski definition) is 5. The normalized spacial score (nSPS) is 36.8. The molecule has 0 heterocycles. The van der Waals surface area contributed by atoms with Crippen LogP contribution in [-0.4, -0.2) is 54.6 Å². The quantitative estimate of drug-likeness (QED) is 0.401. The zero-order valence-electron chi connectivity index (χ0n) is 20.9. The van der Waals surface area contributed by atoms with E-state index in [0.29, 0.717) is 11.1 Å². The molecular weight excluding hydrogens is 452 g/mol. The fourth-order valence-corrected chi connectivity index (χ4v) is 7.04. The van der Waals surface area contributed by atoms with E-state index in [-0.39, 0.29) is 16.9 Å². The van der Waals surface area contributed by atoms with E-state index < -0.39 is 74.7 Å². The fourth-order valence-electron chi connectivity index (χ4n) is 7.04. The predicted octanol–water partition coefficient (Wildman–Crippen LogP) is 3.19. The molecule has 4 rings (SSSR count). The monoisotopic (exact) mass is 484 g/mol. The number of aliphatic hydroxyl groups is 4. The van der Waals surface area contributed by atoms with E-state index in [1.54, 1.807) is 46.8 Å². The van der Waals surface area contributed by atoms with E-state index in [2.05, 4.69) is 0 Å². The van der Waals surface area contributed by atoms with Crippen molar-refractivity contribution < 1.29 is 39.9 Å². The van der Waals surface area contributed by atoms with Gasteiger partial charge in [0.1, 0.15) is 22.8 Å². The van der Waals surface area contributed by atoms with Crippen molar-refractivity contribution in [2.24, 2.45) is 22.7 Å². The van der Waals surface area contributed by atoms with Gasteiger partial charge in [0.15, 0.2) is 17.2 Å². The number of allylic oxidation sites excluding steroid dienone is 1. The van der Waals surface area contributed by atoms with Crippen molar-refractivity contribution in [3.05, 3.63) is 51.5 Å². The number of rotatable bonds is 2. The molecule has 0 fully saturated rings. The summed E-state index contributed by atoms with van der Waals surface area (Å²) >= 11 is 0. The number of Topliss-reactive ketones (excluding diaryl/α,β-unsaturated/α-hetero) is 3. The second kappa shape index (κ2) is 7.27. The standard InChI is InChI=1S/C27H32O8/c1-10(2)17-20(30)15(13(5)28)22(32)27(35)23(33)18-21(31)16-14(9-8-11(3)19(16)29)12(4)25(18,6)24(34)26(17,27)7/h8-10,12,17,24,29-30,33-35H,1-7H3/t12-,17?,24-,25+,26+,27+/m1/s1. The number of aromatic hydroxyl groups is 1. The van der Waals surface area contributed by atoms with Crippen molar-refractivity contribution in [2.75, 3.05) is 0 Å². The molecule has 0 spiro atoms. The molecule has 35 heavy (non-hydrogen) atoms. The Kier molecular flexibility index (Phi) is 5.22. The summed E-state index contributed by atoms with van der Waals surface area (Å²) in [7, 11) is 0. The van der Waals surface area contributed by atoms with Gasteiger partial charge in [-0.25, -0.2) is 0 Å². The summed E-state index contributed by atoms with van der Waals surface area (Å²) in [6.07, 6.45) is -1.62. The van der Waals surface area contributed by atoms with Crippen molar-refractivity contribution in [3.63, 3.8) is 0 Å². The predicted molar refractivity (Wildman–Crippen MR) is 126 cm³/mol.